The van der Waals surface area contributed by atoms with E-state index >= 15 is 0 Å². The first kappa shape index (κ1) is 16.3. The number of aromatic nitrogens is 1. The zero-order valence-corrected chi connectivity index (χ0v) is 14.8. The molecule has 0 aliphatic carbocycles. The molecule has 2 aromatic rings. The highest BCUT2D eigenvalue weighted by atomic mass is 16.2. The standard InChI is InChI=1S/C21H25N3O/c1-23-20(25)19(18-5-3-2-4-6-18)15-21(23)9-13-24(14-10-21)16-17-7-11-22-12-8-17/h2-8,11-12,19H,9-10,13-16H2,1H3. The Labute approximate surface area is 149 Å². The number of likely N-dealkylation sites (N-methyl/N-ethyl adjacent to an activating group) is 1. The van der Waals surface area contributed by atoms with Crippen LogP contribution in [0.15, 0.2) is 54.9 Å². The number of amides is 1. The van der Waals surface area contributed by atoms with Crippen LogP contribution in [-0.4, -0.2) is 46.4 Å². The van der Waals surface area contributed by atoms with Crippen LogP contribution in [-0.2, 0) is 11.3 Å². The highest BCUT2D eigenvalue weighted by Crippen LogP contribution is 2.44. The highest BCUT2D eigenvalue weighted by Gasteiger charge is 2.50. The Balaban J connectivity index is 1.44. The van der Waals surface area contributed by atoms with Gasteiger partial charge in [-0.25, -0.2) is 0 Å². The summed E-state index contributed by atoms with van der Waals surface area (Å²) in [5.74, 6) is 0.312. The lowest BCUT2D eigenvalue weighted by molar-refractivity contribution is -0.131. The molecule has 1 spiro atoms. The summed E-state index contributed by atoms with van der Waals surface area (Å²) in [6.45, 7) is 3.06. The van der Waals surface area contributed by atoms with Crippen LogP contribution >= 0.6 is 0 Å². The highest BCUT2D eigenvalue weighted by molar-refractivity contribution is 5.87. The maximum Gasteiger partial charge on any atom is 0.230 e. The van der Waals surface area contributed by atoms with Crippen molar-refractivity contribution in [1.82, 2.24) is 14.8 Å². The van der Waals surface area contributed by atoms with E-state index in [0.717, 1.165) is 44.5 Å². The number of likely N-dealkylation sites (tertiary alicyclic amines) is 2. The fourth-order valence-corrected chi connectivity index (χ4v) is 4.43. The number of benzene rings is 1. The first-order chi connectivity index (χ1) is 12.2. The number of hydrogen-bond acceptors (Lipinski definition) is 3. The summed E-state index contributed by atoms with van der Waals surface area (Å²) in [7, 11) is 2.00. The van der Waals surface area contributed by atoms with Crippen molar-refractivity contribution in [2.75, 3.05) is 20.1 Å². The quantitative estimate of drug-likeness (QED) is 0.865. The molecule has 1 atom stereocenters. The van der Waals surface area contributed by atoms with Gasteiger partial charge < -0.3 is 4.90 Å². The summed E-state index contributed by atoms with van der Waals surface area (Å²) in [4.78, 5) is 21.5. The molecule has 4 nitrogen and oxygen atoms in total. The zero-order chi connectivity index (χ0) is 17.3. The fraction of sp³-hybridized carbons (Fsp3) is 0.429. The maximum absolute atomic E-state index is 12.9. The molecule has 3 heterocycles. The van der Waals surface area contributed by atoms with Crippen LogP contribution < -0.4 is 0 Å². The average molecular weight is 335 g/mol. The van der Waals surface area contributed by atoms with Crippen LogP contribution in [0.4, 0.5) is 0 Å². The van der Waals surface area contributed by atoms with Crippen LogP contribution in [0.5, 0.6) is 0 Å². The fourth-order valence-electron chi connectivity index (χ4n) is 4.43. The molecule has 0 radical (unpaired) electrons. The second-order valence-corrected chi connectivity index (χ2v) is 7.42. The second kappa shape index (κ2) is 6.60. The molecule has 1 unspecified atom stereocenters. The SMILES string of the molecule is CN1C(=O)C(c2ccccc2)CC12CCN(Cc1ccncc1)CC2. The van der Waals surface area contributed by atoms with Crippen molar-refractivity contribution in [3.05, 3.63) is 66.0 Å². The monoisotopic (exact) mass is 335 g/mol. The van der Waals surface area contributed by atoms with E-state index in [1.165, 1.54) is 5.56 Å². The summed E-state index contributed by atoms with van der Waals surface area (Å²) in [5.41, 5.74) is 2.51. The number of hydrogen-bond donors (Lipinski definition) is 0. The number of pyridine rings is 1. The van der Waals surface area contributed by atoms with Crippen LogP contribution in [0.1, 0.15) is 36.3 Å². The minimum absolute atomic E-state index is 0.0259. The number of carbonyl (C=O) groups excluding carboxylic acids is 1. The van der Waals surface area contributed by atoms with Gasteiger partial charge in [0.1, 0.15) is 0 Å². The molecule has 2 aliphatic rings. The van der Waals surface area contributed by atoms with Crippen molar-refractivity contribution >= 4 is 5.91 Å². The average Bonchev–Trinajstić information content (AvgIpc) is 2.91. The summed E-state index contributed by atoms with van der Waals surface area (Å²) >= 11 is 0. The maximum atomic E-state index is 12.9. The molecule has 4 heteroatoms. The van der Waals surface area contributed by atoms with E-state index in [1.807, 2.05) is 37.6 Å². The van der Waals surface area contributed by atoms with E-state index in [9.17, 15) is 4.79 Å². The van der Waals surface area contributed by atoms with Crippen molar-refractivity contribution in [2.24, 2.45) is 0 Å². The zero-order valence-electron chi connectivity index (χ0n) is 14.8. The Bertz CT molecular complexity index is 723. The molecule has 0 N–H and O–H groups in total. The van der Waals surface area contributed by atoms with Crippen LogP contribution in [0, 0.1) is 0 Å². The molecule has 2 saturated heterocycles. The van der Waals surface area contributed by atoms with Gasteiger partial charge in [-0.1, -0.05) is 30.3 Å². The Hall–Kier alpha value is -2.20. The molecule has 2 aliphatic heterocycles. The number of rotatable bonds is 3. The van der Waals surface area contributed by atoms with Gasteiger partial charge in [0, 0.05) is 44.6 Å². The molecule has 1 aromatic heterocycles. The molecule has 0 bridgehead atoms. The molecule has 2 fully saturated rings. The van der Waals surface area contributed by atoms with Gasteiger partial charge in [0.15, 0.2) is 0 Å². The van der Waals surface area contributed by atoms with Crippen LogP contribution in [0.3, 0.4) is 0 Å². The van der Waals surface area contributed by atoms with Crippen molar-refractivity contribution in [3.63, 3.8) is 0 Å². The van der Waals surface area contributed by atoms with E-state index in [0.29, 0.717) is 0 Å². The lowest BCUT2D eigenvalue weighted by Crippen LogP contribution is -2.51. The second-order valence-electron chi connectivity index (χ2n) is 7.42. The van der Waals surface area contributed by atoms with Gasteiger partial charge in [-0.2, -0.15) is 0 Å². The van der Waals surface area contributed by atoms with Gasteiger partial charge in [-0.15, -0.1) is 0 Å². The molecular weight excluding hydrogens is 310 g/mol. The molecular formula is C21H25N3O. The first-order valence-corrected chi connectivity index (χ1v) is 9.12. The van der Waals surface area contributed by atoms with Gasteiger partial charge in [-0.05, 0) is 42.5 Å². The van der Waals surface area contributed by atoms with E-state index < -0.39 is 0 Å². The van der Waals surface area contributed by atoms with Gasteiger partial charge in [-0.3, -0.25) is 14.7 Å². The predicted octanol–water partition coefficient (Wildman–Crippen LogP) is 3.06. The summed E-state index contributed by atoms with van der Waals surface area (Å²) in [5, 5.41) is 0. The van der Waals surface area contributed by atoms with Gasteiger partial charge in [0.05, 0.1) is 5.92 Å². The Morgan fingerprint density at radius 1 is 1.08 bits per heavy atom. The predicted molar refractivity (Wildman–Crippen MR) is 98.0 cm³/mol. The van der Waals surface area contributed by atoms with Gasteiger partial charge in [0.25, 0.3) is 0 Å². The molecule has 0 saturated carbocycles. The van der Waals surface area contributed by atoms with Gasteiger partial charge in [0.2, 0.25) is 5.91 Å². The Morgan fingerprint density at radius 2 is 1.76 bits per heavy atom. The lowest BCUT2D eigenvalue weighted by atomic mass is 9.81. The summed E-state index contributed by atoms with van der Waals surface area (Å²) < 4.78 is 0. The van der Waals surface area contributed by atoms with Crippen molar-refractivity contribution in [2.45, 2.75) is 37.3 Å². The Morgan fingerprint density at radius 3 is 2.44 bits per heavy atom. The molecule has 4 rings (SSSR count). The normalized spacial score (nSPS) is 23.3. The summed E-state index contributed by atoms with van der Waals surface area (Å²) in [6, 6.07) is 14.4. The molecule has 1 aromatic carbocycles. The van der Waals surface area contributed by atoms with Gasteiger partial charge >= 0.3 is 0 Å². The number of carbonyl (C=O) groups is 1. The largest absolute Gasteiger partial charge is 0.339 e. The first-order valence-electron chi connectivity index (χ1n) is 9.12. The third-order valence-corrected chi connectivity index (χ3v) is 6.07. The van der Waals surface area contributed by atoms with Crippen molar-refractivity contribution in [1.29, 1.82) is 0 Å². The third kappa shape index (κ3) is 3.07. The minimum atomic E-state index is 0.0259. The third-order valence-electron chi connectivity index (χ3n) is 6.07. The minimum Gasteiger partial charge on any atom is -0.339 e. The van der Waals surface area contributed by atoms with Crippen LogP contribution in [0.25, 0.3) is 0 Å². The number of piperidine rings is 1. The summed E-state index contributed by atoms with van der Waals surface area (Å²) in [6.07, 6.45) is 6.78. The topological polar surface area (TPSA) is 36.4 Å². The molecule has 1 amide bonds. The van der Waals surface area contributed by atoms with Crippen LogP contribution in [0.2, 0.25) is 0 Å². The van der Waals surface area contributed by atoms with E-state index in [2.05, 4.69) is 39.0 Å². The number of nitrogens with zero attached hydrogens (tertiary/aromatic N) is 3. The van der Waals surface area contributed by atoms with Crippen molar-refractivity contribution < 1.29 is 4.79 Å². The molecule has 130 valence electrons. The van der Waals surface area contributed by atoms with E-state index in [4.69, 9.17) is 0 Å². The van der Waals surface area contributed by atoms with E-state index in [-0.39, 0.29) is 17.4 Å². The smallest absolute Gasteiger partial charge is 0.230 e. The van der Waals surface area contributed by atoms with E-state index in [1.54, 1.807) is 0 Å². The van der Waals surface area contributed by atoms with Crippen molar-refractivity contribution in [3.8, 4) is 0 Å². The lowest BCUT2D eigenvalue weighted by Gasteiger charge is -2.43. The molecule has 25 heavy (non-hydrogen) atoms. The Kier molecular flexibility index (Phi) is 4.30.